The predicted molar refractivity (Wildman–Crippen MR) is 58.7 cm³/mol. The third kappa shape index (κ3) is 2.90. The van der Waals surface area contributed by atoms with Gasteiger partial charge in [-0.1, -0.05) is 0 Å². The van der Waals surface area contributed by atoms with E-state index in [4.69, 9.17) is 10.8 Å². The first-order valence-corrected chi connectivity index (χ1v) is 5.36. The van der Waals surface area contributed by atoms with Crippen molar-refractivity contribution in [2.45, 2.75) is 32.0 Å². The normalized spacial score (nSPS) is 28.7. The molecule has 1 rings (SSSR count). The molecular weight excluding hydrogens is 194 g/mol. The van der Waals surface area contributed by atoms with E-state index < -0.39 is 12.0 Å². The highest BCUT2D eigenvalue weighted by Gasteiger charge is 2.31. The lowest BCUT2D eigenvalue weighted by Gasteiger charge is -2.42. The van der Waals surface area contributed by atoms with E-state index in [1.54, 1.807) is 0 Å². The molecule has 1 saturated heterocycles. The van der Waals surface area contributed by atoms with E-state index in [-0.39, 0.29) is 6.04 Å². The minimum absolute atomic E-state index is 0.105. The molecule has 1 aliphatic heterocycles. The van der Waals surface area contributed by atoms with Crippen molar-refractivity contribution in [1.82, 2.24) is 9.80 Å². The van der Waals surface area contributed by atoms with Gasteiger partial charge in [0.05, 0.1) is 0 Å². The van der Waals surface area contributed by atoms with Crippen molar-refractivity contribution >= 4 is 5.97 Å². The van der Waals surface area contributed by atoms with E-state index in [2.05, 4.69) is 23.8 Å². The lowest BCUT2D eigenvalue weighted by atomic mass is 10.1. The van der Waals surface area contributed by atoms with Gasteiger partial charge in [0.1, 0.15) is 6.04 Å². The number of likely N-dealkylation sites (N-methyl/N-ethyl adjacent to an activating group) is 1. The van der Waals surface area contributed by atoms with Crippen molar-refractivity contribution in [3.05, 3.63) is 0 Å². The molecule has 0 aromatic heterocycles. The van der Waals surface area contributed by atoms with Crippen molar-refractivity contribution in [3.63, 3.8) is 0 Å². The molecule has 15 heavy (non-hydrogen) atoms. The summed E-state index contributed by atoms with van der Waals surface area (Å²) in [5, 5.41) is 8.86. The molecule has 0 spiro atoms. The summed E-state index contributed by atoms with van der Waals surface area (Å²) in [5.41, 5.74) is 5.63. The molecular formula is C10H21N3O2. The van der Waals surface area contributed by atoms with Gasteiger partial charge in [0, 0.05) is 31.7 Å². The van der Waals surface area contributed by atoms with Gasteiger partial charge in [0.15, 0.2) is 0 Å². The largest absolute Gasteiger partial charge is 0.480 e. The number of carbonyl (C=O) groups is 1. The molecule has 0 aromatic carbocycles. The SMILES string of the molecule is CC1CN(C)CCN1C(C)C(N)C(=O)O. The maximum atomic E-state index is 10.8. The van der Waals surface area contributed by atoms with Crippen LogP contribution < -0.4 is 5.73 Å². The number of nitrogens with zero attached hydrogens (tertiary/aromatic N) is 2. The number of aliphatic carboxylic acids is 1. The number of hydrogen-bond acceptors (Lipinski definition) is 4. The van der Waals surface area contributed by atoms with Crippen LogP contribution in [0, 0.1) is 0 Å². The molecule has 1 fully saturated rings. The Hall–Kier alpha value is -0.650. The van der Waals surface area contributed by atoms with Gasteiger partial charge in [0.25, 0.3) is 0 Å². The van der Waals surface area contributed by atoms with Gasteiger partial charge < -0.3 is 15.7 Å². The minimum atomic E-state index is -0.923. The van der Waals surface area contributed by atoms with Crippen LogP contribution >= 0.6 is 0 Å². The Morgan fingerprint density at radius 3 is 2.60 bits per heavy atom. The van der Waals surface area contributed by atoms with Gasteiger partial charge in [-0.05, 0) is 20.9 Å². The highest BCUT2D eigenvalue weighted by molar-refractivity contribution is 5.74. The second kappa shape index (κ2) is 4.92. The van der Waals surface area contributed by atoms with E-state index in [1.165, 1.54) is 0 Å². The second-order valence-corrected chi connectivity index (χ2v) is 4.45. The lowest BCUT2D eigenvalue weighted by Crippen LogP contribution is -2.59. The Morgan fingerprint density at radius 1 is 1.53 bits per heavy atom. The number of carboxylic acid groups (broad SMARTS) is 1. The summed E-state index contributed by atoms with van der Waals surface area (Å²) in [5.74, 6) is -0.923. The second-order valence-electron chi connectivity index (χ2n) is 4.45. The molecule has 5 nitrogen and oxygen atoms in total. The zero-order valence-electron chi connectivity index (χ0n) is 9.68. The molecule has 0 aromatic rings. The van der Waals surface area contributed by atoms with E-state index >= 15 is 0 Å². The molecule has 3 N–H and O–H groups in total. The van der Waals surface area contributed by atoms with Crippen molar-refractivity contribution in [2.24, 2.45) is 5.73 Å². The van der Waals surface area contributed by atoms with Crippen LogP contribution in [0.1, 0.15) is 13.8 Å². The fraction of sp³-hybridized carbons (Fsp3) is 0.900. The van der Waals surface area contributed by atoms with Crippen LogP contribution in [0.5, 0.6) is 0 Å². The first-order chi connectivity index (χ1) is 6.93. The zero-order chi connectivity index (χ0) is 11.6. The molecule has 0 aliphatic carbocycles. The van der Waals surface area contributed by atoms with Gasteiger partial charge in [-0.2, -0.15) is 0 Å². The summed E-state index contributed by atoms with van der Waals surface area (Å²) in [4.78, 5) is 15.2. The molecule has 88 valence electrons. The van der Waals surface area contributed by atoms with Crippen molar-refractivity contribution in [1.29, 1.82) is 0 Å². The molecule has 1 aliphatic rings. The molecule has 0 saturated carbocycles. The van der Waals surface area contributed by atoms with E-state index in [1.807, 2.05) is 6.92 Å². The van der Waals surface area contributed by atoms with Gasteiger partial charge in [-0.3, -0.25) is 9.69 Å². The fourth-order valence-corrected chi connectivity index (χ4v) is 2.17. The number of carboxylic acids is 1. The lowest BCUT2D eigenvalue weighted by molar-refractivity contribution is -0.140. The molecule has 0 amide bonds. The molecule has 0 bridgehead atoms. The van der Waals surface area contributed by atoms with E-state index in [9.17, 15) is 4.79 Å². The van der Waals surface area contributed by atoms with Crippen molar-refractivity contribution in [3.8, 4) is 0 Å². The molecule has 5 heteroatoms. The summed E-state index contributed by atoms with van der Waals surface area (Å²) in [7, 11) is 2.08. The first-order valence-electron chi connectivity index (χ1n) is 5.36. The van der Waals surface area contributed by atoms with E-state index in [0.717, 1.165) is 19.6 Å². The Morgan fingerprint density at radius 2 is 2.13 bits per heavy atom. The van der Waals surface area contributed by atoms with Gasteiger partial charge in [0.2, 0.25) is 0 Å². The quantitative estimate of drug-likeness (QED) is 0.659. The third-order valence-corrected chi connectivity index (χ3v) is 3.21. The molecule has 3 unspecified atom stereocenters. The smallest absolute Gasteiger partial charge is 0.322 e. The van der Waals surface area contributed by atoms with Crippen molar-refractivity contribution < 1.29 is 9.90 Å². The zero-order valence-corrected chi connectivity index (χ0v) is 9.68. The molecule has 3 atom stereocenters. The van der Waals surface area contributed by atoms with Crippen LogP contribution in [0.2, 0.25) is 0 Å². The fourth-order valence-electron chi connectivity index (χ4n) is 2.17. The van der Waals surface area contributed by atoms with Crippen LogP contribution in [0.15, 0.2) is 0 Å². The van der Waals surface area contributed by atoms with Crippen LogP contribution in [-0.2, 0) is 4.79 Å². The summed E-state index contributed by atoms with van der Waals surface area (Å²) >= 11 is 0. The maximum Gasteiger partial charge on any atom is 0.322 e. The average molecular weight is 215 g/mol. The number of hydrogen-bond donors (Lipinski definition) is 2. The Labute approximate surface area is 90.8 Å². The predicted octanol–water partition coefficient (Wildman–Crippen LogP) is -0.577. The number of piperazine rings is 1. The van der Waals surface area contributed by atoms with Crippen LogP contribution in [0.4, 0.5) is 0 Å². The van der Waals surface area contributed by atoms with Gasteiger partial charge in [-0.25, -0.2) is 0 Å². The Balaban J connectivity index is 2.59. The first kappa shape index (κ1) is 12.4. The van der Waals surface area contributed by atoms with Crippen LogP contribution in [-0.4, -0.2) is 65.7 Å². The summed E-state index contributed by atoms with van der Waals surface area (Å²) in [6, 6.07) is -0.536. The number of nitrogens with two attached hydrogens (primary N) is 1. The summed E-state index contributed by atoms with van der Waals surface area (Å²) < 4.78 is 0. The Bertz CT molecular complexity index is 235. The molecule has 0 radical (unpaired) electrons. The number of rotatable bonds is 3. The van der Waals surface area contributed by atoms with Crippen LogP contribution in [0.3, 0.4) is 0 Å². The average Bonchev–Trinajstić information content (AvgIpc) is 2.15. The van der Waals surface area contributed by atoms with E-state index in [0.29, 0.717) is 6.04 Å². The van der Waals surface area contributed by atoms with Gasteiger partial charge in [-0.15, -0.1) is 0 Å². The molecule has 1 heterocycles. The monoisotopic (exact) mass is 215 g/mol. The summed E-state index contributed by atoms with van der Waals surface area (Å²) in [6.45, 7) is 6.83. The van der Waals surface area contributed by atoms with Crippen LogP contribution in [0.25, 0.3) is 0 Å². The topological polar surface area (TPSA) is 69.8 Å². The van der Waals surface area contributed by atoms with Gasteiger partial charge >= 0.3 is 5.97 Å². The standard InChI is InChI=1S/C10H21N3O2/c1-7-6-12(3)4-5-13(7)8(2)9(11)10(14)15/h7-9H,4-6,11H2,1-3H3,(H,14,15). The highest BCUT2D eigenvalue weighted by Crippen LogP contribution is 2.13. The van der Waals surface area contributed by atoms with Crippen molar-refractivity contribution in [2.75, 3.05) is 26.7 Å². The Kier molecular flexibility index (Phi) is 4.07. The third-order valence-electron chi connectivity index (χ3n) is 3.21. The minimum Gasteiger partial charge on any atom is -0.480 e. The maximum absolute atomic E-state index is 10.8. The summed E-state index contributed by atoms with van der Waals surface area (Å²) in [6.07, 6.45) is 0. The highest BCUT2D eigenvalue weighted by atomic mass is 16.4.